The van der Waals surface area contributed by atoms with Crippen molar-refractivity contribution in [2.75, 3.05) is 0 Å². The van der Waals surface area contributed by atoms with Crippen LogP contribution >= 0.6 is 0 Å². The molecule has 2 heterocycles. The molecule has 2 aliphatic heterocycles. The molecule has 2 saturated heterocycles. The first-order chi connectivity index (χ1) is 7.11. The predicted octanol–water partition coefficient (Wildman–Crippen LogP) is 1.18. The summed E-state index contributed by atoms with van der Waals surface area (Å²) in [6, 6.07) is 0. The van der Waals surface area contributed by atoms with Crippen LogP contribution in [0.5, 0.6) is 0 Å². The van der Waals surface area contributed by atoms with Crippen LogP contribution in [0.1, 0.15) is 39.0 Å². The van der Waals surface area contributed by atoms with E-state index in [0.717, 1.165) is 25.7 Å². The molecule has 15 heavy (non-hydrogen) atoms. The molecule has 1 saturated carbocycles. The molecule has 0 aromatic heterocycles. The highest BCUT2D eigenvalue weighted by Crippen LogP contribution is 2.60. The van der Waals surface area contributed by atoms with E-state index in [1.165, 1.54) is 0 Å². The molecule has 0 aromatic carbocycles. The lowest BCUT2D eigenvalue weighted by Gasteiger charge is -2.39. The van der Waals surface area contributed by atoms with Crippen LogP contribution in [0.3, 0.4) is 0 Å². The molecule has 0 spiro atoms. The van der Waals surface area contributed by atoms with E-state index in [-0.39, 0.29) is 24.5 Å². The van der Waals surface area contributed by atoms with Crippen LogP contribution in [0, 0.1) is 5.41 Å². The minimum atomic E-state index is -0.651. The van der Waals surface area contributed by atoms with Crippen LogP contribution in [0.25, 0.3) is 0 Å². The second-order valence-electron chi connectivity index (χ2n) is 4.88. The highest BCUT2D eigenvalue weighted by molar-refractivity contribution is 5.91. The molecule has 4 heteroatoms. The van der Waals surface area contributed by atoms with E-state index in [1.807, 2.05) is 6.92 Å². The average molecular weight is 210 g/mol. The third-order valence-corrected chi connectivity index (χ3v) is 4.29. The lowest BCUT2D eigenvalue weighted by Crippen LogP contribution is -2.51. The molecular formula is C11H14O4. The molecule has 82 valence electrons. The largest absolute Gasteiger partial charge is 0.458 e. The Morgan fingerprint density at radius 3 is 2.73 bits per heavy atom. The average Bonchev–Trinajstić information content (AvgIpc) is 2.60. The molecule has 0 aromatic rings. The second kappa shape index (κ2) is 2.54. The van der Waals surface area contributed by atoms with Gasteiger partial charge in [0.15, 0.2) is 5.60 Å². The summed E-state index contributed by atoms with van der Waals surface area (Å²) in [6.07, 6.45) is 3.44. The summed E-state index contributed by atoms with van der Waals surface area (Å²) < 4.78 is 10.8. The standard InChI is InChI=1S/C11H14O4/c1-7-11-5-3-2-4-10(11,9(13)14-7)6-8(12)15-11/h7H,2-6H2,1H3/t7-,10+,11-/m1/s1. The van der Waals surface area contributed by atoms with Crippen molar-refractivity contribution < 1.29 is 19.1 Å². The number of hydrogen-bond acceptors (Lipinski definition) is 4. The Bertz CT molecular complexity index is 350. The van der Waals surface area contributed by atoms with Crippen LogP contribution in [0.4, 0.5) is 0 Å². The number of cyclic esters (lactones) is 1. The molecule has 1 aliphatic carbocycles. The van der Waals surface area contributed by atoms with Crippen molar-refractivity contribution >= 4 is 11.9 Å². The van der Waals surface area contributed by atoms with E-state index in [9.17, 15) is 9.59 Å². The SMILES string of the molecule is C[C@H]1OC(=O)[C@@]23CCCC[C@@]12OC(=O)C3. The third-order valence-electron chi connectivity index (χ3n) is 4.29. The first-order valence-electron chi connectivity index (χ1n) is 5.54. The molecule has 3 aliphatic rings. The molecule has 0 bridgehead atoms. The van der Waals surface area contributed by atoms with Crippen LogP contribution in [-0.2, 0) is 19.1 Å². The molecule has 0 radical (unpaired) electrons. The lowest BCUT2D eigenvalue weighted by atomic mass is 9.63. The molecular weight excluding hydrogens is 196 g/mol. The van der Waals surface area contributed by atoms with Crippen LogP contribution < -0.4 is 0 Å². The fraction of sp³-hybridized carbons (Fsp3) is 0.818. The highest BCUT2D eigenvalue weighted by atomic mass is 16.6. The number of ether oxygens (including phenoxy) is 2. The zero-order valence-corrected chi connectivity index (χ0v) is 8.75. The fourth-order valence-corrected chi connectivity index (χ4v) is 3.53. The van der Waals surface area contributed by atoms with Gasteiger partial charge in [-0.15, -0.1) is 0 Å². The van der Waals surface area contributed by atoms with E-state index < -0.39 is 11.0 Å². The van der Waals surface area contributed by atoms with Gasteiger partial charge in [-0.05, 0) is 26.2 Å². The second-order valence-corrected chi connectivity index (χ2v) is 4.88. The molecule has 4 nitrogen and oxygen atoms in total. The minimum Gasteiger partial charge on any atom is -0.458 e. The maximum atomic E-state index is 11.9. The Labute approximate surface area is 87.9 Å². The molecule has 0 N–H and O–H groups in total. The topological polar surface area (TPSA) is 52.6 Å². The van der Waals surface area contributed by atoms with Crippen molar-refractivity contribution in [1.82, 2.24) is 0 Å². The maximum absolute atomic E-state index is 11.9. The van der Waals surface area contributed by atoms with Crippen molar-refractivity contribution in [2.24, 2.45) is 5.41 Å². The van der Waals surface area contributed by atoms with Gasteiger partial charge in [-0.2, -0.15) is 0 Å². The van der Waals surface area contributed by atoms with Gasteiger partial charge < -0.3 is 9.47 Å². The van der Waals surface area contributed by atoms with Crippen molar-refractivity contribution in [3.05, 3.63) is 0 Å². The van der Waals surface area contributed by atoms with E-state index in [0.29, 0.717) is 0 Å². The predicted molar refractivity (Wildman–Crippen MR) is 49.9 cm³/mol. The number of carbonyl (C=O) groups excluding carboxylic acids is 2. The van der Waals surface area contributed by atoms with Crippen molar-refractivity contribution in [2.45, 2.75) is 50.7 Å². The number of esters is 2. The van der Waals surface area contributed by atoms with Gasteiger partial charge in [-0.3, -0.25) is 9.59 Å². The lowest BCUT2D eigenvalue weighted by molar-refractivity contribution is -0.159. The van der Waals surface area contributed by atoms with E-state index in [2.05, 4.69) is 0 Å². The Balaban J connectivity index is 2.14. The summed E-state index contributed by atoms with van der Waals surface area (Å²) in [4.78, 5) is 23.4. The van der Waals surface area contributed by atoms with Gasteiger partial charge in [-0.1, -0.05) is 6.42 Å². The zero-order valence-electron chi connectivity index (χ0n) is 8.75. The third kappa shape index (κ3) is 0.840. The van der Waals surface area contributed by atoms with E-state index in [1.54, 1.807) is 0 Å². The van der Waals surface area contributed by atoms with Crippen molar-refractivity contribution in [1.29, 1.82) is 0 Å². The van der Waals surface area contributed by atoms with Gasteiger partial charge in [0, 0.05) is 0 Å². The van der Waals surface area contributed by atoms with Gasteiger partial charge in [0.25, 0.3) is 0 Å². The summed E-state index contributed by atoms with van der Waals surface area (Å²) in [6.45, 7) is 1.84. The number of rotatable bonds is 0. The molecule has 3 rings (SSSR count). The van der Waals surface area contributed by atoms with Crippen molar-refractivity contribution in [3.8, 4) is 0 Å². The first kappa shape index (κ1) is 9.19. The van der Waals surface area contributed by atoms with Gasteiger partial charge in [0.05, 0.1) is 6.42 Å². The van der Waals surface area contributed by atoms with Crippen molar-refractivity contribution in [3.63, 3.8) is 0 Å². The minimum absolute atomic E-state index is 0.218. The van der Waals surface area contributed by atoms with Crippen LogP contribution in [-0.4, -0.2) is 23.6 Å². The summed E-state index contributed by atoms with van der Waals surface area (Å²) in [5.41, 5.74) is -1.29. The monoisotopic (exact) mass is 210 g/mol. The van der Waals surface area contributed by atoms with Gasteiger partial charge in [-0.25, -0.2) is 0 Å². The highest BCUT2D eigenvalue weighted by Gasteiger charge is 2.73. The van der Waals surface area contributed by atoms with E-state index in [4.69, 9.17) is 9.47 Å². The maximum Gasteiger partial charge on any atom is 0.317 e. The Morgan fingerprint density at radius 2 is 2.00 bits per heavy atom. The van der Waals surface area contributed by atoms with E-state index >= 15 is 0 Å². The Hall–Kier alpha value is -1.06. The number of hydrogen-bond donors (Lipinski definition) is 0. The van der Waals surface area contributed by atoms with Gasteiger partial charge >= 0.3 is 11.9 Å². The van der Waals surface area contributed by atoms with Gasteiger partial charge in [0.2, 0.25) is 0 Å². The Morgan fingerprint density at radius 1 is 1.27 bits per heavy atom. The summed E-state index contributed by atoms with van der Waals surface area (Å²) >= 11 is 0. The smallest absolute Gasteiger partial charge is 0.317 e. The summed E-state index contributed by atoms with van der Waals surface area (Å²) in [5.74, 6) is -0.457. The molecule has 0 unspecified atom stereocenters. The van der Waals surface area contributed by atoms with Gasteiger partial charge in [0.1, 0.15) is 11.5 Å². The molecule has 3 atom stereocenters. The van der Waals surface area contributed by atoms with Crippen LogP contribution in [0.2, 0.25) is 0 Å². The quantitative estimate of drug-likeness (QED) is 0.563. The summed E-state index contributed by atoms with van der Waals surface area (Å²) in [5, 5.41) is 0. The summed E-state index contributed by atoms with van der Waals surface area (Å²) in [7, 11) is 0. The normalized spacial score (nSPS) is 48.2. The number of carbonyl (C=O) groups is 2. The zero-order chi connectivity index (χ0) is 10.7. The molecule has 0 amide bonds. The molecule has 3 fully saturated rings. The van der Waals surface area contributed by atoms with Crippen LogP contribution in [0.15, 0.2) is 0 Å². The fourth-order valence-electron chi connectivity index (χ4n) is 3.53. The Kier molecular flexibility index (Phi) is 1.56. The first-order valence-corrected chi connectivity index (χ1v) is 5.54.